The van der Waals surface area contributed by atoms with Gasteiger partial charge in [0.2, 0.25) is 0 Å². The van der Waals surface area contributed by atoms with Crippen LogP contribution in [-0.4, -0.2) is 0 Å². The van der Waals surface area contributed by atoms with E-state index in [-0.39, 0.29) is 0 Å². The van der Waals surface area contributed by atoms with Crippen LogP contribution in [0.15, 0.2) is 0 Å². The van der Waals surface area contributed by atoms with Gasteiger partial charge in [0, 0.05) is 0 Å². The standard InChI is InChI=1S/C11H20.C2H6/c1-2-3-9-4-5-10-6-7-11(10)8-9;1-2/h9-11H,2-8H2,1H3;1-2H3. The van der Waals surface area contributed by atoms with Gasteiger partial charge in [0.1, 0.15) is 0 Å². The zero-order valence-electron chi connectivity index (χ0n) is 9.68. The van der Waals surface area contributed by atoms with Crippen LogP contribution in [0, 0.1) is 17.8 Å². The topological polar surface area (TPSA) is 0 Å². The van der Waals surface area contributed by atoms with E-state index in [0.717, 1.165) is 5.92 Å². The summed E-state index contributed by atoms with van der Waals surface area (Å²) in [5.41, 5.74) is 0. The van der Waals surface area contributed by atoms with E-state index in [2.05, 4.69) is 6.92 Å². The predicted molar refractivity (Wildman–Crippen MR) is 59.8 cm³/mol. The molecule has 3 atom stereocenters. The largest absolute Gasteiger partial charge is 0.0683 e. The van der Waals surface area contributed by atoms with E-state index in [9.17, 15) is 0 Å². The molecule has 0 aliphatic heterocycles. The Balaban J connectivity index is 0.000000396. The van der Waals surface area contributed by atoms with E-state index >= 15 is 0 Å². The highest BCUT2D eigenvalue weighted by Crippen LogP contribution is 2.47. The molecule has 2 rings (SSSR count). The van der Waals surface area contributed by atoms with Crippen LogP contribution in [0.25, 0.3) is 0 Å². The highest BCUT2D eigenvalue weighted by atomic mass is 14.4. The van der Waals surface area contributed by atoms with Gasteiger partial charge in [-0.15, -0.1) is 0 Å². The fraction of sp³-hybridized carbons (Fsp3) is 1.00. The summed E-state index contributed by atoms with van der Waals surface area (Å²) in [5, 5.41) is 0. The maximum atomic E-state index is 2.33. The zero-order chi connectivity index (χ0) is 9.68. The van der Waals surface area contributed by atoms with Crippen LogP contribution >= 0.6 is 0 Å². The molecular weight excluding hydrogens is 156 g/mol. The molecule has 0 heteroatoms. The highest BCUT2D eigenvalue weighted by Gasteiger charge is 2.35. The van der Waals surface area contributed by atoms with Crippen LogP contribution in [-0.2, 0) is 0 Å². The van der Waals surface area contributed by atoms with Gasteiger partial charge in [-0.1, -0.05) is 40.0 Å². The van der Waals surface area contributed by atoms with Crippen molar-refractivity contribution >= 4 is 0 Å². The minimum atomic E-state index is 1.11. The summed E-state index contributed by atoms with van der Waals surface area (Å²) in [6.07, 6.45) is 10.7. The number of rotatable bonds is 2. The van der Waals surface area contributed by atoms with Gasteiger partial charge in [-0.05, 0) is 43.4 Å². The van der Waals surface area contributed by atoms with Gasteiger partial charge in [-0.3, -0.25) is 0 Å². The smallest absolute Gasteiger partial charge is 0.0383 e. The summed E-state index contributed by atoms with van der Waals surface area (Å²) < 4.78 is 0. The molecule has 0 aromatic heterocycles. The summed E-state index contributed by atoms with van der Waals surface area (Å²) in [7, 11) is 0. The molecule has 2 aliphatic rings. The van der Waals surface area contributed by atoms with Crippen LogP contribution in [0.3, 0.4) is 0 Å². The third-order valence-electron chi connectivity index (χ3n) is 3.85. The van der Waals surface area contributed by atoms with Gasteiger partial charge in [-0.25, -0.2) is 0 Å². The molecule has 3 unspecified atom stereocenters. The fourth-order valence-electron chi connectivity index (χ4n) is 2.99. The van der Waals surface area contributed by atoms with Crippen molar-refractivity contribution in [2.24, 2.45) is 17.8 Å². The van der Waals surface area contributed by atoms with Gasteiger partial charge in [0.05, 0.1) is 0 Å². The molecule has 2 saturated carbocycles. The zero-order valence-corrected chi connectivity index (χ0v) is 9.68. The first-order chi connectivity index (χ1) is 6.40. The molecule has 0 bridgehead atoms. The summed E-state index contributed by atoms with van der Waals surface area (Å²) >= 11 is 0. The number of hydrogen-bond donors (Lipinski definition) is 0. The summed E-state index contributed by atoms with van der Waals surface area (Å²) in [5.74, 6) is 3.45. The summed E-state index contributed by atoms with van der Waals surface area (Å²) in [6.45, 7) is 6.33. The Labute approximate surface area is 84.1 Å². The van der Waals surface area contributed by atoms with Crippen molar-refractivity contribution < 1.29 is 0 Å². The molecule has 0 saturated heterocycles. The lowest BCUT2D eigenvalue weighted by atomic mass is 9.62. The van der Waals surface area contributed by atoms with Crippen LogP contribution in [0.5, 0.6) is 0 Å². The molecule has 78 valence electrons. The van der Waals surface area contributed by atoms with Gasteiger partial charge in [0.15, 0.2) is 0 Å². The molecule has 0 heterocycles. The lowest BCUT2D eigenvalue weighted by Gasteiger charge is -2.44. The molecule has 0 radical (unpaired) electrons. The molecule has 13 heavy (non-hydrogen) atoms. The SMILES string of the molecule is CC.CCCC1CCC2CCC2C1. The monoisotopic (exact) mass is 182 g/mol. The molecule has 0 aromatic rings. The molecule has 0 N–H and O–H groups in total. The Hall–Kier alpha value is 0. The number of fused-ring (bicyclic) bond motifs is 1. The van der Waals surface area contributed by atoms with Crippen molar-refractivity contribution in [2.45, 2.75) is 65.7 Å². The van der Waals surface area contributed by atoms with E-state index in [1.54, 1.807) is 32.1 Å². The van der Waals surface area contributed by atoms with Crippen LogP contribution in [0.2, 0.25) is 0 Å². The molecular formula is C13H26. The molecule has 0 amide bonds. The van der Waals surface area contributed by atoms with E-state index in [0.29, 0.717) is 0 Å². The van der Waals surface area contributed by atoms with Crippen LogP contribution in [0.4, 0.5) is 0 Å². The van der Waals surface area contributed by atoms with E-state index in [1.165, 1.54) is 24.7 Å². The van der Waals surface area contributed by atoms with Gasteiger partial charge < -0.3 is 0 Å². The van der Waals surface area contributed by atoms with E-state index < -0.39 is 0 Å². The molecule has 2 fully saturated rings. The van der Waals surface area contributed by atoms with Gasteiger partial charge >= 0.3 is 0 Å². The van der Waals surface area contributed by atoms with Gasteiger partial charge in [-0.2, -0.15) is 0 Å². The third kappa shape index (κ3) is 2.72. The first kappa shape index (κ1) is 11.1. The van der Waals surface area contributed by atoms with Crippen molar-refractivity contribution in [3.8, 4) is 0 Å². The average Bonchev–Trinajstić information content (AvgIpc) is 2.14. The Morgan fingerprint density at radius 2 is 1.54 bits per heavy atom. The maximum absolute atomic E-state index is 2.33. The Bertz CT molecular complexity index is 128. The lowest BCUT2D eigenvalue weighted by molar-refractivity contribution is 0.0764. The van der Waals surface area contributed by atoms with Gasteiger partial charge in [0.25, 0.3) is 0 Å². The minimum Gasteiger partial charge on any atom is -0.0683 e. The predicted octanol–water partition coefficient (Wildman–Crippen LogP) is 4.64. The second-order valence-electron chi connectivity index (χ2n) is 4.57. The maximum Gasteiger partial charge on any atom is -0.0383 e. The fourth-order valence-corrected chi connectivity index (χ4v) is 2.99. The second-order valence-corrected chi connectivity index (χ2v) is 4.57. The normalized spacial score (nSPS) is 36.7. The average molecular weight is 182 g/mol. The Kier molecular flexibility index (Phi) is 4.83. The second kappa shape index (κ2) is 5.67. The first-order valence-corrected chi connectivity index (χ1v) is 6.40. The summed E-state index contributed by atoms with van der Waals surface area (Å²) in [4.78, 5) is 0. The third-order valence-corrected chi connectivity index (χ3v) is 3.85. The Morgan fingerprint density at radius 1 is 0.923 bits per heavy atom. The molecule has 2 aliphatic carbocycles. The van der Waals surface area contributed by atoms with Crippen LogP contribution < -0.4 is 0 Å². The van der Waals surface area contributed by atoms with Crippen LogP contribution in [0.1, 0.15) is 65.7 Å². The van der Waals surface area contributed by atoms with Crippen molar-refractivity contribution in [3.63, 3.8) is 0 Å². The highest BCUT2D eigenvalue weighted by molar-refractivity contribution is 4.87. The Morgan fingerprint density at radius 3 is 2.00 bits per heavy atom. The minimum absolute atomic E-state index is 1.11. The van der Waals surface area contributed by atoms with E-state index in [4.69, 9.17) is 0 Å². The quantitative estimate of drug-likeness (QED) is 0.583. The van der Waals surface area contributed by atoms with Crippen molar-refractivity contribution in [1.29, 1.82) is 0 Å². The molecule has 0 spiro atoms. The van der Waals surface area contributed by atoms with Crippen molar-refractivity contribution in [1.82, 2.24) is 0 Å². The summed E-state index contributed by atoms with van der Waals surface area (Å²) in [6, 6.07) is 0. The lowest BCUT2D eigenvalue weighted by Crippen LogP contribution is -2.32. The van der Waals surface area contributed by atoms with E-state index in [1.807, 2.05) is 13.8 Å². The molecule has 0 nitrogen and oxygen atoms in total. The molecule has 0 aromatic carbocycles. The number of hydrogen-bond acceptors (Lipinski definition) is 0. The first-order valence-electron chi connectivity index (χ1n) is 6.40. The van der Waals surface area contributed by atoms with Crippen molar-refractivity contribution in [3.05, 3.63) is 0 Å². The van der Waals surface area contributed by atoms with Crippen molar-refractivity contribution in [2.75, 3.05) is 0 Å².